The first-order chi connectivity index (χ1) is 9.06. The van der Waals surface area contributed by atoms with Crippen molar-refractivity contribution in [1.82, 2.24) is 15.0 Å². The minimum Gasteiger partial charge on any atom is -0.368 e. The quantitative estimate of drug-likeness (QED) is 0.840. The molecule has 2 rings (SSSR count). The first-order valence-electron chi connectivity index (χ1n) is 7.06. The van der Waals surface area contributed by atoms with Gasteiger partial charge in [-0.05, 0) is 39.5 Å². The number of anilines is 3. The van der Waals surface area contributed by atoms with E-state index >= 15 is 0 Å². The third-order valence-corrected chi connectivity index (χ3v) is 3.91. The van der Waals surface area contributed by atoms with Gasteiger partial charge in [0.1, 0.15) is 0 Å². The van der Waals surface area contributed by atoms with Gasteiger partial charge < -0.3 is 15.5 Å². The van der Waals surface area contributed by atoms with Crippen molar-refractivity contribution < 1.29 is 0 Å². The van der Waals surface area contributed by atoms with Gasteiger partial charge in [0.2, 0.25) is 17.8 Å². The highest BCUT2D eigenvalue weighted by molar-refractivity contribution is 5.43. The zero-order valence-corrected chi connectivity index (χ0v) is 12.3. The summed E-state index contributed by atoms with van der Waals surface area (Å²) in [7, 11) is 2.03. The summed E-state index contributed by atoms with van der Waals surface area (Å²) < 4.78 is 0. The topological polar surface area (TPSA) is 71.2 Å². The zero-order chi connectivity index (χ0) is 14.0. The molecular weight excluding hydrogens is 240 g/mol. The van der Waals surface area contributed by atoms with Gasteiger partial charge in [0.25, 0.3) is 0 Å². The summed E-state index contributed by atoms with van der Waals surface area (Å²) in [6, 6.07) is 0.450. The smallest absolute Gasteiger partial charge is 0.231 e. The lowest BCUT2D eigenvalue weighted by atomic mass is 10.2. The Balaban J connectivity index is 2.24. The van der Waals surface area contributed by atoms with Crippen molar-refractivity contribution >= 4 is 17.8 Å². The molecule has 1 aromatic heterocycles. The van der Waals surface area contributed by atoms with Crippen molar-refractivity contribution in [2.75, 3.05) is 35.7 Å². The fourth-order valence-corrected chi connectivity index (χ4v) is 2.25. The van der Waals surface area contributed by atoms with Crippen molar-refractivity contribution in [3.63, 3.8) is 0 Å². The Morgan fingerprint density at radius 2 is 1.74 bits per heavy atom. The molecule has 1 unspecified atom stereocenters. The van der Waals surface area contributed by atoms with Crippen LogP contribution in [-0.4, -0.2) is 41.1 Å². The van der Waals surface area contributed by atoms with Crippen molar-refractivity contribution in [2.45, 2.75) is 39.7 Å². The van der Waals surface area contributed by atoms with Crippen molar-refractivity contribution in [3.8, 4) is 0 Å². The summed E-state index contributed by atoms with van der Waals surface area (Å²) in [5.41, 5.74) is 5.82. The summed E-state index contributed by atoms with van der Waals surface area (Å²) in [5, 5.41) is 0. The van der Waals surface area contributed by atoms with Gasteiger partial charge in [-0.15, -0.1) is 0 Å². The van der Waals surface area contributed by atoms with Crippen LogP contribution in [0, 0.1) is 5.92 Å². The zero-order valence-electron chi connectivity index (χ0n) is 12.3. The van der Waals surface area contributed by atoms with Crippen molar-refractivity contribution in [2.24, 2.45) is 5.92 Å². The second kappa shape index (κ2) is 5.59. The highest BCUT2D eigenvalue weighted by Gasteiger charge is 2.31. The predicted octanol–water partition coefficient (Wildman–Crippen LogP) is 1.53. The van der Waals surface area contributed by atoms with E-state index in [4.69, 9.17) is 5.73 Å². The maximum absolute atomic E-state index is 5.82. The number of nitrogens with zero attached hydrogens (tertiary/aromatic N) is 5. The number of nitrogen functional groups attached to an aromatic ring is 1. The molecule has 1 heterocycles. The molecular formula is C13H24N6. The van der Waals surface area contributed by atoms with Crippen LogP contribution >= 0.6 is 0 Å². The van der Waals surface area contributed by atoms with Gasteiger partial charge in [-0.3, -0.25) is 0 Å². The Kier molecular flexibility index (Phi) is 4.07. The molecule has 0 amide bonds. The fraction of sp³-hybridized carbons (Fsp3) is 0.769. The Hall–Kier alpha value is -1.59. The van der Waals surface area contributed by atoms with Crippen LogP contribution in [0.25, 0.3) is 0 Å². The minimum atomic E-state index is 0.293. The molecule has 0 saturated heterocycles. The largest absolute Gasteiger partial charge is 0.368 e. The normalized spacial score (nSPS) is 16.2. The molecule has 0 aromatic carbocycles. The van der Waals surface area contributed by atoms with Gasteiger partial charge in [0, 0.05) is 26.2 Å². The standard InChI is InChI=1S/C13H24N6/c1-5-19(6-2)13-16-11(14)15-12(17-13)18(4)9(3)10-7-8-10/h9-10H,5-8H2,1-4H3,(H2,14,15,16,17). The Morgan fingerprint density at radius 1 is 1.16 bits per heavy atom. The van der Waals surface area contributed by atoms with Gasteiger partial charge in [-0.1, -0.05) is 0 Å². The van der Waals surface area contributed by atoms with Crippen LogP contribution in [0.4, 0.5) is 17.8 Å². The number of hydrogen-bond donors (Lipinski definition) is 1. The number of nitrogens with two attached hydrogens (primary N) is 1. The first-order valence-corrected chi connectivity index (χ1v) is 7.06. The van der Waals surface area contributed by atoms with E-state index in [1.54, 1.807) is 0 Å². The van der Waals surface area contributed by atoms with Gasteiger partial charge in [0.15, 0.2) is 0 Å². The monoisotopic (exact) mass is 264 g/mol. The Morgan fingerprint density at radius 3 is 2.26 bits per heavy atom. The number of rotatable bonds is 6. The third kappa shape index (κ3) is 3.05. The summed E-state index contributed by atoms with van der Waals surface area (Å²) >= 11 is 0. The van der Waals surface area contributed by atoms with E-state index < -0.39 is 0 Å². The third-order valence-electron chi connectivity index (χ3n) is 3.91. The molecule has 1 aliphatic carbocycles. The van der Waals surface area contributed by atoms with E-state index in [0.717, 1.165) is 19.0 Å². The van der Waals surface area contributed by atoms with Crippen LogP contribution in [0.1, 0.15) is 33.6 Å². The molecule has 106 valence electrons. The lowest BCUT2D eigenvalue weighted by molar-refractivity contribution is 0.596. The summed E-state index contributed by atoms with van der Waals surface area (Å²) in [5.74, 6) is 2.40. The lowest BCUT2D eigenvalue weighted by Gasteiger charge is -2.26. The van der Waals surface area contributed by atoms with Gasteiger partial charge >= 0.3 is 0 Å². The number of hydrogen-bond acceptors (Lipinski definition) is 6. The van der Waals surface area contributed by atoms with Crippen LogP contribution in [0.2, 0.25) is 0 Å². The highest BCUT2D eigenvalue weighted by atomic mass is 15.3. The van der Waals surface area contributed by atoms with Crippen molar-refractivity contribution in [3.05, 3.63) is 0 Å². The maximum Gasteiger partial charge on any atom is 0.231 e. The summed E-state index contributed by atoms with van der Waals surface area (Å²) in [4.78, 5) is 17.3. The maximum atomic E-state index is 5.82. The molecule has 6 nitrogen and oxygen atoms in total. The van der Waals surface area contributed by atoms with E-state index in [1.807, 2.05) is 7.05 Å². The predicted molar refractivity (Wildman–Crippen MR) is 78.4 cm³/mol. The Labute approximate surface area is 115 Å². The molecule has 0 radical (unpaired) electrons. The molecule has 1 aliphatic rings. The van der Waals surface area contributed by atoms with Gasteiger partial charge in [0.05, 0.1) is 0 Å². The van der Waals surface area contributed by atoms with Crippen molar-refractivity contribution in [1.29, 1.82) is 0 Å². The van der Waals surface area contributed by atoms with Crippen LogP contribution in [-0.2, 0) is 0 Å². The van der Waals surface area contributed by atoms with Gasteiger partial charge in [-0.25, -0.2) is 0 Å². The average Bonchev–Trinajstić information content (AvgIpc) is 3.22. The molecule has 1 saturated carbocycles. The van der Waals surface area contributed by atoms with Crippen LogP contribution in [0.15, 0.2) is 0 Å². The SMILES string of the molecule is CCN(CC)c1nc(N)nc(N(C)C(C)C2CC2)n1. The second-order valence-corrected chi connectivity index (χ2v) is 5.15. The van der Waals surface area contributed by atoms with Crippen LogP contribution < -0.4 is 15.5 Å². The first kappa shape index (κ1) is 13.8. The van der Waals surface area contributed by atoms with Crippen LogP contribution in [0.3, 0.4) is 0 Å². The number of aromatic nitrogens is 3. The Bertz CT molecular complexity index is 427. The molecule has 6 heteroatoms. The summed E-state index contributed by atoms with van der Waals surface area (Å²) in [6.07, 6.45) is 2.60. The average molecular weight is 264 g/mol. The van der Waals surface area contributed by atoms with E-state index in [0.29, 0.717) is 23.9 Å². The highest BCUT2D eigenvalue weighted by Crippen LogP contribution is 2.35. The lowest BCUT2D eigenvalue weighted by Crippen LogP contribution is -2.33. The molecule has 0 aliphatic heterocycles. The summed E-state index contributed by atoms with van der Waals surface area (Å²) in [6.45, 7) is 8.11. The fourth-order valence-electron chi connectivity index (χ4n) is 2.25. The van der Waals surface area contributed by atoms with E-state index in [-0.39, 0.29) is 0 Å². The van der Waals surface area contributed by atoms with E-state index in [1.165, 1.54) is 12.8 Å². The van der Waals surface area contributed by atoms with Crippen LogP contribution in [0.5, 0.6) is 0 Å². The molecule has 1 aromatic rings. The molecule has 19 heavy (non-hydrogen) atoms. The van der Waals surface area contributed by atoms with Gasteiger partial charge in [-0.2, -0.15) is 15.0 Å². The molecule has 0 spiro atoms. The van der Waals surface area contributed by atoms with E-state index in [2.05, 4.69) is 45.5 Å². The van der Waals surface area contributed by atoms with E-state index in [9.17, 15) is 0 Å². The minimum absolute atomic E-state index is 0.293. The molecule has 0 bridgehead atoms. The molecule has 1 atom stereocenters. The molecule has 1 fully saturated rings. The molecule has 2 N–H and O–H groups in total. The second-order valence-electron chi connectivity index (χ2n) is 5.15.